The van der Waals surface area contributed by atoms with Crippen LogP contribution in [0, 0.1) is 5.41 Å². The number of carbonyl (C=O) groups is 1. The minimum absolute atomic E-state index is 0.115. The third-order valence-electron chi connectivity index (χ3n) is 4.86. The molecule has 0 saturated heterocycles. The summed E-state index contributed by atoms with van der Waals surface area (Å²) in [6.45, 7) is 6.59. The SMILES string of the molecule is CCC(C)c1ccc(C(=O)C2(C)CCCCC2)cc1. The molecule has 1 fully saturated rings. The van der Waals surface area contributed by atoms with Crippen LogP contribution in [-0.2, 0) is 0 Å². The largest absolute Gasteiger partial charge is 0.294 e. The molecule has 0 amide bonds. The maximum Gasteiger partial charge on any atom is 0.168 e. The number of rotatable bonds is 4. The van der Waals surface area contributed by atoms with E-state index in [1.807, 2.05) is 12.1 Å². The molecule has 0 heterocycles. The first-order valence-electron chi connectivity index (χ1n) is 7.71. The highest BCUT2D eigenvalue weighted by Gasteiger charge is 2.34. The average molecular weight is 258 g/mol. The van der Waals surface area contributed by atoms with Gasteiger partial charge in [-0.1, -0.05) is 64.3 Å². The van der Waals surface area contributed by atoms with Crippen molar-refractivity contribution in [1.82, 2.24) is 0 Å². The molecule has 0 radical (unpaired) electrons. The number of ketones is 1. The van der Waals surface area contributed by atoms with Gasteiger partial charge in [0.05, 0.1) is 0 Å². The Morgan fingerprint density at radius 1 is 1.16 bits per heavy atom. The first kappa shape index (κ1) is 14.3. The lowest BCUT2D eigenvalue weighted by Crippen LogP contribution is -2.30. The molecule has 104 valence electrons. The zero-order chi connectivity index (χ0) is 13.9. The summed E-state index contributed by atoms with van der Waals surface area (Å²) in [6.07, 6.45) is 6.94. The first-order valence-corrected chi connectivity index (χ1v) is 7.71. The van der Waals surface area contributed by atoms with Crippen LogP contribution in [0.5, 0.6) is 0 Å². The number of Topliss-reactive ketones (excluding diaryl/α,β-unsaturated/α-hetero) is 1. The Morgan fingerprint density at radius 2 is 1.74 bits per heavy atom. The van der Waals surface area contributed by atoms with E-state index in [-0.39, 0.29) is 5.41 Å². The van der Waals surface area contributed by atoms with E-state index < -0.39 is 0 Å². The van der Waals surface area contributed by atoms with E-state index in [1.165, 1.54) is 24.8 Å². The lowest BCUT2D eigenvalue weighted by atomic mass is 9.71. The molecule has 1 atom stereocenters. The Kier molecular flexibility index (Phi) is 4.44. The van der Waals surface area contributed by atoms with Crippen LogP contribution >= 0.6 is 0 Å². The van der Waals surface area contributed by atoms with Crippen LogP contribution in [0.4, 0.5) is 0 Å². The molecule has 0 aromatic heterocycles. The van der Waals surface area contributed by atoms with E-state index in [1.54, 1.807) is 0 Å². The van der Waals surface area contributed by atoms with Gasteiger partial charge in [-0.05, 0) is 30.7 Å². The van der Waals surface area contributed by atoms with Crippen LogP contribution in [0.3, 0.4) is 0 Å². The van der Waals surface area contributed by atoms with E-state index in [0.29, 0.717) is 11.7 Å². The molecule has 0 spiro atoms. The molecular weight excluding hydrogens is 232 g/mol. The first-order chi connectivity index (χ1) is 9.07. The summed E-state index contributed by atoms with van der Waals surface area (Å²) >= 11 is 0. The van der Waals surface area contributed by atoms with Gasteiger partial charge < -0.3 is 0 Å². The van der Waals surface area contributed by atoms with Crippen LogP contribution in [-0.4, -0.2) is 5.78 Å². The van der Waals surface area contributed by atoms with Gasteiger partial charge in [0.2, 0.25) is 0 Å². The van der Waals surface area contributed by atoms with Gasteiger partial charge in [0.1, 0.15) is 0 Å². The maximum atomic E-state index is 12.7. The van der Waals surface area contributed by atoms with Crippen molar-refractivity contribution in [3.8, 4) is 0 Å². The van der Waals surface area contributed by atoms with Crippen molar-refractivity contribution in [2.45, 2.75) is 65.2 Å². The second kappa shape index (κ2) is 5.90. The van der Waals surface area contributed by atoms with Gasteiger partial charge in [-0.3, -0.25) is 4.79 Å². The smallest absolute Gasteiger partial charge is 0.168 e. The van der Waals surface area contributed by atoms with Crippen LogP contribution in [0.2, 0.25) is 0 Å². The summed E-state index contributed by atoms with van der Waals surface area (Å²) in [7, 11) is 0. The van der Waals surface area contributed by atoms with Crippen LogP contribution in [0.15, 0.2) is 24.3 Å². The van der Waals surface area contributed by atoms with Crippen LogP contribution in [0.1, 0.15) is 81.1 Å². The predicted octanol–water partition coefficient (Wildman–Crippen LogP) is 5.35. The molecule has 1 aromatic rings. The van der Waals surface area contributed by atoms with Crippen molar-refractivity contribution in [2.75, 3.05) is 0 Å². The van der Waals surface area contributed by atoms with Gasteiger partial charge in [0.15, 0.2) is 5.78 Å². The highest BCUT2D eigenvalue weighted by atomic mass is 16.1. The lowest BCUT2D eigenvalue weighted by molar-refractivity contribution is 0.0749. The molecule has 1 aromatic carbocycles. The summed E-state index contributed by atoms with van der Waals surface area (Å²) in [6, 6.07) is 8.33. The highest BCUT2D eigenvalue weighted by molar-refractivity contribution is 6.00. The normalized spacial score (nSPS) is 19.9. The molecule has 1 unspecified atom stereocenters. The molecule has 0 bridgehead atoms. The Labute approximate surface area is 117 Å². The van der Waals surface area contributed by atoms with Gasteiger partial charge >= 0.3 is 0 Å². The van der Waals surface area contributed by atoms with Gasteiger partial charge in [-0.25, -0.2) is 0 Å². The van der Waals surface area contributed by atoms with Crippen molar-refractivity contribution in [2.24, 2.45) is 5.41 Å². The number of hydrogen-bond donors (Lipinski definition) is 0. The molecule has 1 saturated carbocycles. The fourth-order valence-electron chi connectivity index (χ4n) is 3.11. The molecule has 2 rings (SSSR count). The summed E-state index contributed by atoms with van der Waals surface area (Å²) in [5, 5.41) is 0. The van der Waals surface area contributed by atoms with E-state index in [0.717, 1.165) is 24.8 Å². The number of benzene rings is 1. The van der Waals surface area contributed by atoms with Gasteiger partial charge in [0, 0.05) is 11.0 Å². The summed E-state index contributed by atoms with van der Waals surface area (Å²) in [5.41, 5.74) is 2.13. The van der Waals surface area contributed by atoms with Gasteiger partial charge in [-0.2, -0.15) is 0 Å². The Morgan fingerprint density at radius 3 is 2.26 bits per heavy atom. The highest BCUT2D eigenvalue weighted by Crippen LogP contribution is 2.38. The summed E-state index contributed by atoms with van der Waals surface area (Å²) in [5.74, 6) is 0.928. The lowest BCUT2D eigenvalue weighted by Gasteiger charge is -2.32. The Hall–Kier alpha value is -1.11. The minimum Gasteiger partial charge on any atom is -0.294 e. The molecule has 1 aliphatic rings. The van der Waals surface area contributed by atoms with E-state index in [9.17, 15) is 4.79 Å². The zero-order valence-corrected chi connectivity index (χ0v) is 12.5. The average Bonchev–Trinajstić information content (AvgIpc) is 2.46. The van der Waals surface area contributed by atoms with Crippen LogP contribution < -0.4 is 0 Å². The maximum absolute atomic E-state index is 12.7. The van der Waals surface area contributed by atoms with E-state index >= 15 is 0 Å². The molecule has 0 N–H and O–H groups in total. The van der Waals surface area contributed by atoms with Crippen LogP contribution in [0.25, 0.3) is 0 Å². The summed E-state index contributed by atoms with van der Waals surface area (Å²) < 4.78 is 0. The second-order valence-electron chi connectivity index (χ2n) is 6.38. The Balaban J connectivity index is 2.15. The predicted molar refractivity (Wildman–Crippen MR) is 80.7 cm³/mol. The number of hydrogen-bond acceptors (Lipinski definition) is 1. The molecule has 1 heteroatoms. The number of carbonyl (C=O) groups excluding carboxylic acids is 1. The van der Waals surface area contributed by atoms with Crippen molar-refractivity contribution >= 4 is 5.78 Å². The van der Waals surface area contributed by atoms with Crippen molar-refractivity contribution < 1.29 is 4.79 Å². The van der Waals surface area contributed by atoms with Crippen molar-refractivity contribution in [3.63, 3.8) is 0 Å². The fourth-order valence-corrected chi connectivity index (χ4v) is 3.11. The molecular formula is C18H26O. The zero-order valence-electron chi connectivity index (χ0n) is 12.5. The topological polar surface area (TPSA) is 17.1 Å². The third-order valence-corrected chi connectivity index (χ3v) is 4.86. The van der Waals surface area contributed by atoms with Gasteiger partial charge in [-0.15, -0.1) is 0 Å². The third kappa shape index (κ3) is 3.08. The molecule has 1 aliphatic carbocycles. The van der Waals surface area contributed by atoms with E-state index in [4.69, 9.17) is 0 Å². The molecule has 19 heavy (non-hydrogen) atoms. The standard InChI is InChI=1S/C18H26O/c1-4-14(2)15-8-10-16(11-9-15)17(19)18(3)12-6-5-7-13-18/h8-11,14H,4-7,12-13H2,1-3H3. The monoisotopic (exact) mass is 258 g/mol. The van der Waals surface area contributed by atoms with Crippen molar-refractivity contribution in [1.29, 1.82) is 0 Å². The minimum atomic E-state index is -0.115. The molecule has 1 nitrogen and oxygen atoms in total. The molecule has 0 aliphatic heterocycles. The van der Waals surface area contributed by atoms with Crippen molar-refractivity contribution in [3.05, 3.63) is 35.4 Å². The fraction of sp³-hybridized carbons (Fsp3) is 0.611. The Bertz CT molecular complexity index is 424. The van der Waals surface area contributed by atoms with E-state index in [2.05, 4.69) is 32.9 Å². The summed E-state index contributed by atoms with van der Waals surface area (Å²) in [4.78, 5) is 12.7. The van der Waals surface area contributed by atoms with Gasteiger partial charge in [0.25, 0.3) is 0 Å². The quantitative estimate of drug-likeness (QED) is 0.665. The second-order valence-corrected chi connectivity index (χ2v) is 6.38.